The van der Waals surface area contributed by atoms with Crippen LogP contribution >= 0.6 is 0 Å². The van der Waals surface area contributed by atoms with Crippen molar-refractivity contribution in [3.8, 4) is 34.5 Å². The van der Waals surface area contributed by atoms with E-state index in [2.05, 4.69) is 24.1 Å². The number of ether oxygens (including phenoxy) is 2. The number of phenolic OH excluding ortho intramolecular Hbond substituents is 4. The number of aromatic hydroxyl groups is 4. The molecule has 4 aromatic carbocycles. The molecule has 0 bridgehead atoms. The maximum absolute atomic E-state index is 15.2. The predicted molar refractivity (Wildman–Crippen MR) is 241 cm³/mol. The number of phenols is 4. The van der Waals surface area contributed by atoms with E-state index in [1.54, 1.807) is 48.8 Å². The first-order valence-corrected chi connectivity index (χ1v) is 21.7. The quantitative estimate of drug-likeness (QED) is 0.0319. The van der Waals surface area contributed by atoms with Crippen LogP contribution in [0, 0.1) is 17.8 Å². The Morgan fingerprint density at radius 2 is 1.69 bits per heavy atom. The molecule has 4 atom stereocenters. The number of nitrogens with one attached hydrogen (secondary N) is 1. The number of anilines is 2. The number of aryl methyl sites for hydroxylation is 2. The molecule has 4 unspecified atom stereocenters. The molecule has 11 nitrogen and oxygen atoms in total. The van der Waals surface area contributed by atoms with Gasteiger partial charge in [-0.1, -0.05) is 50.6 Å². The van der Waals surface area contributed by atoms with E-state index in [-0.39, 0.29) is 59.7 Å². The number of pyridine rings is 1. The summed E-state index contributed by atoms with van der Waals surface area (Å²) in [5, 5.41) is 59.6. The Hall–Kier alpha value is -6.20. The molecule has 326 valence electrons. The molecule has 11 heteroatoms. The Labute approximate surface area is 363 Å². The molecular formula is C51H58N3O8-. The van der Waals surface area contributed by atoms with Gasteiger partial charge in [0.1, 0.15) is 17.4 Å². The molecule has 0 saturated heterocycles. The molecule has 0 radical (unpaired) electrons. The van der Waals surface area contributed by atoms with Crippen LogP contribution in [-0.4, -0.2) is 56.1 Å². The average Bonchev–Trinajstić information content (AvgIpc) is 3.94. The van der Waals surface area contributed by atoms with Crippen molar-refractivity contribution in [3.05, 3.63) is 126 Å². The smallest absolute Gasteiger partial charge is 0.200 e. The number of fused-ring (bicyclic) bond motifs is 1. The number of carbonyl (C=O) groups is 1. The first-order valence-electron chi connectivity index (χ1n) is 21.7. The summed E-state index contributed by atoms with van der Waals surface area (Å²) in [5.74, 6) is 0.170. The van der Waals surface area contributed by atoms with Crippen molar-refractivity contribution in [1.82, 2.24) is 9.97 Å². The van der Waals surface area contributed by atoms with E-state index in [0.29, 0.717) is 48.9 Å². The predicted octanol–water partition coefficient (Wildman–Crippen LogP) is 9.67. The zero-order valence-electron chi connectivity index (χ0n) is 35.8. The minimum Gasteiger partial charge on any atom is -0.668 e. The molecule has 2 heterocycles. The summed E-state index contributed by atoms with van der Waals surface area (Å²) in [5.41, 5.74) is 3.30. The van der Waals surface area contributed by atoms with Gasteiger partial charge in [0, 0.05) is 23.7 Å². The van der Waals surface area contributed by atoms with Crippen LogP contribution in [-0.2, 0) is 29.5 Å². The largest absolute Gasteiger partial charge is 0.668 e. The third-order valence-corrected chi connectivity index (χ3v) is 12.6. The number of aliphatic hydroxyl groups excluding tert-OH is 1. The Morgan fingerprint density at radius 1 is 0.887 bits per heavy atom. The van der Waals surface area contributed by atoms with Gasteiger partial charge in [0.15, 0.2) is 23.0 Å². The second kappa shape index (κ2) is 19.7. The lowest BCUT2D eigenvalue weighted by molar-refractivity contribution is -0.131. The van der Waals surface area contributed by atoms with Gasteiger partial charge in [-0.2, -0.15) is 11.9 Å². The van der Waals surface area contributed by atoms with Crippen LogP contribution < -0.4 is 19.8 Å². The second-order valence-electron chi connectivity index (χ2n) is 17.2. The molecule has 1 saturated carbocycles. The molecule has 7 rings (SSSR count). The third kappa shape index (κ3) is 10.1. The zero-order valence-corrected chi connectivity index (χ0v) is 35.8. The fourth-order valence-electron chi connectivity index (χ4n) is 9.52. The SMILES string of the molecule is COc1cc(CCC(O)C(C(=O)CCc2cc(O)c(O)c(OCCCC(C)C)c2)C2(c3ccnc(Nc4ccc5cc(O)ccc5c4)c3)CCCC2Cc2ccc[n-]2)ccc1O. The molecule has 62 heavy (non-hydrogen) atoms. The van der Waals surface area contributed by atoms with E-state index >= 15 is 4.79 Å². The van der Waals surface area contributed by atoms with Crippen molar-refractivity contribution in [2.75, 3.05) is 19.0 Å². The first kappa shape index (κ1) is 43.9. The minimum atomic E-state index is -1.06. The van der Waals surface area contributed by atoms with Gasteiger partial charge in [-0.25, -0.2) is 4.98 Å². The van der Waals surface area contributed by atoms with Gasteiger partial charge in [-0.15, -0.1) is 0 Å². The number of Topliss-reactive ketones (excluding diaryl/α,β-unsaturated/α-hetero) is 1. The number of hydrogen-bond donors (Lipinski definition) is 6. The van der Waals surface area contributed by atoms with Crippen molar-refractivity contribution in [1.29, 1.82) is 0 Å². The number of rotatable bonds is 20. The summed E-state index contributed by atoms with van der Waals surface area (Å²) in [6.07, 6.45) is 8.17. The van der Waals surface area contributed by atoms with E-state index in [9.17, 15) is 25.5 Å². The Morgan fingerprint density at radius 3 is 2.48 bits per heavy atom. The molecule has 6 aromatic rings. The summed E-state index contributed by atoms with van der Waals surface area (Å²) in [6, 6.07) is 27.3. The highest BCUT2D eigenvalue weighted by molar-refractivity contribution is 5.87. The number of aromatic nitrogens is 2. The highest BCUT2D eigenvalue weighted by atomic mass is 16.5. The van der Waals surface area contributed by atoms with Crippen molar-refractivity contribution in [2.45, 2.75) is 89.6 Å². The third-order valence-electron chi connectivity index (χ3n) is 12.6. The summed E-state index contributed by atoms with van der Waals surface area (Å²) in [6.45, 7) is 4.65. The van der Waals surface area contributed by atoms with Crippen molar-refractivity contribution >= 4 is 28.1 Å². The molecule has 1 fully saturated rings. The molecule has 6 N–H and O–H groups in total. The number of ketones is 1. The lowest BCUT2D eigenvalue weighted by Crippen LogP contribution is -2.49. The monoisotopic (exact) mass is 840 g/mol. The highest BCUT2D eigenvalue weighted by Crippen LogP contribution is 2.54. The van der Waals surface area contributed by atoms with E-state index in [1.165, 1.54) is 13.2 Å². The van der Waals surface area contributed by atoms with Gasteiger partial charge in [0.05, 0.1) is 25.7 Å². The number of aliphatic hydroxyl groups is 1. The lowest BCUT2D eigenvalue weighted by atomic mass is 9.59. The van der Waals surface area contributed by atoms with E-state index in [4.69, 9.17) is 14.5 Å². The van der Waals surface area contributed by atoms with Crippen LogP contribution in [0.1, 0.15) is 81.2 Å². The van der Waals surface area contributed by atoms with Gasteiger partial charge in [0.25, 0.3) is 0 Å². The molecule has 0 amide bonds. The number of benzene rings is 4. The summed E-state index contributed by atoms with van der Waals surface area (Å²) in [7, 11) is 1.49. The second-order valence-corrected chi connectivity index (χ2v) is 17.2. The Kier molecular flexibility index (Phi) is 13.9. The standard InChI is InChI=1S/C51H58N3O8/c1-32(2)7-6-24-62-47-27-34(25-45(59)50(47)60)12-19-44(58)49(43(57)18-11-33-10-17-42(56)46(26-33)61-3)51(21-4-8-37(51)30-39-9-5-22-52-39)38-20-23-53-48(31-38)54-40-15-13-36-29-41(55)16-14-35(36)28-40/h5,9-10,13-17,20,22-23,25-29,31-32,37,43,49,55-57,59-60H,4,6-8,11-12,18-19,21,24,30H2,1-3H3,(H,53,54)/q-1. The van der Waals surface area contributed by atoms with Crippen LogP contribution in [0.5, 0.6) is 34.5 Å². The highest BCUT2D eigenvalue weighted by Gasteiger charge is 2.54. The van der Waals surface area contributed by atoms with Crippen molar-refractivity contribution in [3.63, 3.8) is 0 Å². The minimum absolute atomic E-state index is 0.0215. The van der Waals surface area contributed by atoms with Crippen LogP contribution in [0.2, 0.25) is 0 Å². The number of hydrogen-bond acceptors (Lipinski definition) is 10. The zero-order chi connectivity index (χ0) is 43.8. The average molecular weight is 841 g/mol. The molecule has 1 aliphatic rings. The molecule has 0 aliphatic heterocycles. The summed E-state index contributed by atoms with van der Waals surface area (Å²) >= 11 is 0. The Balaban J connectivity index is 1.25. The Bertz CT molecular complexity index is 2450. The van der Waals surface area contributed by atoms with Gasteiger partial charge in [-0.3, -0.25) is 4.79 Å². The molecule has 0 spiro atoms. The fraction of sp³-hybridized carbons (Fsp3) is 0.373. The van der Waals surface area contributed by atoms with Gasteiger partial charge >= 0.3 is 0 Å². The van der Waals surface area contributed by atoms with E-state index < -0.39 is 17.4 Å². The normalized spacial score (nSPS) is 17.3. The van der Waals surface area contributed by atoms with Crippen molar-refractivity contribution < 1.29 is 39.8 Å². The van der Waals surface area contributed by atoms with Crippen molar-refractivity contribution in [2.24, 2.45) is 17.8 Å². The number of nitrogens with zero attached hydrogens (tertiary/aromatic N) is 2. The first-order chi connectivity index (χ1) is 29.9. The summed E-state index contributed by atoms with van der Waals surface area (Å²) < 4.78 is 11.3. The van der Waals surface area contributed by atoms with Crippen LogP contribution in [0.25, 0.3) is 10.8 Å². The van der Waals surface area contributed by atoms with Crippen LogP contribution in [0.4, 0.5) is 11.5 Å². The van der Waals surface area contributed by atoms with Crippen LogP contribution in [0.15, 0.2) is 103 Å². The molecule has 1 aliphatic carbocycles. The number of carbonyl (C=O) groups excluding carboxylic acids is 1. The topological polar surface area (TPSA) is 176 Å². The summed E-state index contributed by atoms with van der Waals surface area (Å²) in [4.78, 5) is 24.6. The number of methoxy groups -OCH3 is 1. The van der Waals surface area contributed by atoms with Gasteiger partial charge in [-0.05, 0) is 151 Å². The van der Waals surface area contributed by atoms with Gasteiger partial charge < -0.3 is 45.3 Å². The maximum atomic E-state index is 15.2. The molecule has 2 aromatic heterocycles. The van der Waals surface area contributed by atoms with E-state index in [1.807, 2.05) is 48.5 Å². The van der Waals surface area contributed by atoms with E-state index in [0.717, 1.165) is 59.0 Å². The fourth-order valence-corrected chi connectivity index (χ4v) is 9.52. The van der Waals surface area contributed by atoms with Gasteiger partial charge in [0.2, 0.25) is 5.75 Å². The lowest BCUT2D eigenvalue weighted by Gasteiger charge is -2.45. The maximum Gasteiger partial charge on any atom is 0.200 e. The van der Waals surface area contributed by atoms with Crippen LogP contribution in [0.3, 0.4) is 0 Å². The molecular weight excluding hydrogens is 783 g/mol.